The Kier molecular flexibility index (Phi) is 6.01. The number of piperidine rings is 1. The Morgan fingerprint density at radius 1 is 1.12 bits per heavy atom. The van der Waals surface area contributed by atoms with E-state index in [4.69, 9.17) is 0 Å². The van der Waals surface area contributed by atoms with Crippen LogP contribution in [0.25, 0.3) is 0 Å². The van der Waals surface area contributed by atoms with Crippen molar-refractivity contribution in [3.8, 4) is 0 Å². The Labute approximate surface area is 153 Å². The molecule has 0 unspecified atom stereocenters. The van der Waals surface area contributed by atoms with Crippen LogP contribution in [-0.4, -0.2) is 41.1 Å². The molecule has 26 heavy (non-hydrogen) atoms. The molecule has 0 aliphatic carbocycles. The highest BCUT2D eigenvalue weighted by Crippen LogP contribution is 2.22. The number of hydrogen-bond acceptors (Lipinski definition) is 3. The molecule has 1 atom stereocenters. The Morgan fingerprint density at radius 2 is 1.88 bits per heavy atom. The maximum Gasteiger partial charge on any atom is 0.255 e. The molecule has 1 aliphatic heterocycles. The van der Waals surface area contributed by atoms with Gasteiger partial charge in [0.15, 0.2) is 5.60 Å². The van der Waals surface area contributed by atoms with Gasteiger partial charge in [0.25, 0.3) is 5.91 Å². The van der Waals surface area contributed by atoms with Crippen LogP contribution in [0.15, 0.2) is 54.6 Å². The second-order valence-corrected chi connectivity index (χ2v) is 6.90. The second kappa shape index (κ2) is 8.43. The van der Waals surface area contributed by atoms with Crippen molar-refractivity contribution in [3.05, 3.63) is 71.5 Å². The molecule has 2 N–H and O–H groups in total. The van der Waals surface area contributed by atoms with Crippen molar-refractivity contribution in [3.63, 3.8) is 0 Å². The molecule has 1 aliphatic rings. The van der Waals surface area contributed by atoms with Gasteiger partial charge in [-0.2, -0.15) is 0 Å². The van der Waals surface area contributed by atoms with Gasteiger partial charge >= 0.3 is 0 Å². The van der Waals surface area contributed by atoms with E-state index in [1.807, 2.05) is 36.4 Å². The number of aliphatic hydroxyl groups is 1. The first kappa shape index (κ1) is 18.5. The van der Waals surface area contributed by atoms with Crippen molar-refractivity contribution in [1.82, 2.24) is 10.2 Å². The van der Waals surface area contributed by atoms with E-state index in [-0.39, 0.29) is 18.3 Å². The average molecular weight is 356 g/mol. The van der Waals surface area contributed by atoms with Crippen LogP contribution in [0.5, 0.6) is 0 Å². The molecule has 0 spiro atoms. The highest BCUT2D eigenvalue weighted by molar-refractivity contribution is 5.86. The lowest BCUT2D eigenvalue weighted by atomic mass is 9.91. The van der Waals surface area contributed by atoms with Gasteiger partial charge in [0.2, 0.25) is 0 Å². The third kappa shape index (κ3) is 4.68. The van der Waals surface area contributed by atoms with Crippen molar-refractivity contribution >= 4 is 5.91 Å². The summed E-state index contributed by atoms with van der Waals surface area (Å²) in [6.45, 7) is 1.87. The first-order chi connectivity index (χ1) is 12.6. The van der Waals surface area contributed by atoms with E-state index < -0.39 is 5.60 Å². The molecule has 4 nitrogen and oxygen atoms in total. The first-order valence-corrected chi connectivity index (χ1v) is 9.08. The molecule has 0 radical (unpaired) electrons. The summed E-state index contributed by atoms with van der Waals surface area (Å²) >= 11 is 0. The number of nitrogens with one attached hydrogen (secondary N) is 1. The van der Waals surface area contributed by atoms with Crippen molar-refractivity contribution in [2.75, 3.05) is 19.6 Å². The smallest absolute Gasteiger partial charge is 0.255 e. The zero-order chi connectivity index (χ0) is 18.4. The van der Waals surface area contributed by atoms with Crippen LogP contribution < -0.4 is 5.32 Å². The van der Waals surface area contributed by atoms with Crippen LogP contribution in [0, 0.1) is 5.82 Å². The lowest BCUT2D eigenvalue weighted by molar-refractivity contribution is -0.156. The van der Waals surface area contributed by atoms with Crippen molar-refractivity contribution < 1.29 is 14.3 Å². The fourth-order valence-corrected chi connectivity index (χ4v) is 3.41. The van der Waals surface area contributed by atoms with E-state index >= 15 is 0 Å². The topological polar surface area (TPSA) is 52.6 Å². The van der Waals surface area contributed by atoms with E-state index in [9.17, 15) is 14.3 Å². The van der Waals surface area contributed by atoms with Crippen molar-refractivity contribution in [1.29, 1.82) is 0 Å². The van der Waals surface area contributed by atoms with Crippen LogP contribution >= 0.6 is 0 Å². The minimum Gasteiger partial charge on any atom is -0.379 e. The minimum absolute atomic E-state index is 0.171. The van der Waals surface area contributed by atoms with Gasteiger partial charge in [-0.1, -0.05) is 42.5 Å². The molecule has 5 heteroatoms. The molecule has 1 amide bonds. The fourth-order valence-electron chi connectivity index (χ4n) is 3.41. The number of carbonyl (C=O) groups excluding carboxylic acids is 1. The predicted molar refractivity (Wildman–Crippen MR) is 99.0 cm³/mol. The largest absolute Gasteiger partial charge is 0.379 e. The van der Waals surface area contributed by atoms with Crippen LogP contribution in [0.2, 0.25) is 0 Å². The standard InChI is InChI=1S/C21H25FN2O2/c22-19-9-4-8-18(14-19)15-23-16-21(26)11-5-12-24(20(21)25)13-10-17-6-2-1-3-7-17/h1-4,6-9,14,23,26H,5,10-13,15-16H2/t21-/m0/s1. The summed E-state index contributed by atoms with van der Waals surface area (Å²) in [6.07, 6.45) is 2.00. The number of hydrogen-bond donors (Lipinski definition) is 2. The maximum absolute atomic E-state index is 13.2. The molecule has 138 valence electrons. The lowest BCUT2D eigenvalue weighted by Gasteiger charge is -2.38. The first-order valence-electron chi connectivity index (χ1n) is 9.08. The quantitative estimate of drug-likeness (QED) is 0.802. The van der Waals surface area contributed by atoms with Gasteiger partial charge in [0, 0.05) is 26.2 Å². The van der Waals surface area contributed by atoms with Crippen LogP contribution in [0.4, 0.5) is 4.39 Å². The SMILES string of the molecule is O=C1N(CCc2ccccc2)CCC[C@]1(O)CNCc1cccc(F)c1. The third-order valence-corrected chi connectivity index (χ3v) is 4.85. The van der Waals surface area contributed by atoms with Crippen molar-refractivity contribution in [2.24, 2.45) is 0 Å². The number of nitrogens with zero attached hydrogens (tertiary/aromatic N) is 1. The number of carbonyl (C=O) groups is 1. The molecule has 2 aromatic carbocycles. The molecule has 0 aromatic heterocycles. The van der Waals surface area contributed by atoms with E-state index in [0.717, 1.165) is 18.4 Å². The zero-order valence-corrected chi connectivity index (χ0v) is 14.8. The molecule has 1 fully saturated rings. The molecular formula is C21H25FN2O2. The predicted octanol–water partition coefficient (Wildman–Crippen LogP) is 2.51. The summed E-state index contributed by atoms with van der Waals surface area (Å²) in [5.74, 6) is -0.504. The highest BCUT2D eigenvalue weighted by Gasteiger charge is 2.41. The van der Waals surface area contributed by atoms with Gasteiger partial charge in [0.05, 0.1) is 0 Å². The molecule has 2 aromatic rings. The molecular weight excluding hydrogens is 331 g/mol. The summed E-state index contributed by atoms with van der Waals surface area (Å²) in [7, 11) is 0. The normalized spacial score (nSPS) is 20.4. The van der Waals surface area contributed by atoms with E-state index in [1.165, 1.54) is 17.7 Å². The molecule has 0 bridgehead atoms. The van der Waals surface area contributed by atoms with Gasteiger partial charge in [-0.05, 0) is 42.5 Å². The van der Waals surface area contributed by atoms with Gasteiger partial charge in [-0.25, -0.2) is 4.39 Å². The summed E-state index contributed by atoms with van der Waals surface area (Å²) in [5.41, 5.74) is 0.582. The lowest BCUT2D eigenvalue weighted by Crippen LogP contribution is -2.58. The molecule has 0 saturated carbocycles. The third-order valence-electron chi connectivity index (χ3n) is 4.85. The fraction of sp³-hybridized carbons (Fsp3) is 0.381. The van der Waals surface area contributed by atoms with Gasteiger partial charge in [0.1, 0.15) is 5.82 Å². The van der Waals surface area contributed by atoms with E-state index in [1.54, 1.807) is 11.0 Å². The molecule has 3 rings (SSSR count). The highest BCUT2D eigenvalue weighted by atomic mass is 19.1. The second-order valence-electron chi connectivity index (χ2n) is 6.90. The molecule has 1 saturated heterocycles. The van der Waals surface area contributed by atoms with Gasteiger partial charge < -0.3 is 15.3 Å². The molecule has 1 heterocycles. The number of rotatable bonds is 7. The van der Waals surface area contributed by atoms with E-state index in [0.29, 0.717) is 26.1 Å². The summed E-state index contributed by atoms with van der Waals surface area (Å²) in [6, 6.07) is 16.3. The zero-order valence-electron chi connectivity index (χ0n) is 14.8. The summed E-state index contributed by atoms with van der Waals surface area (Å²) in [4.78, 5) is 14.5. The average Bonchev–Trinajstić information content (AvgIpc) is 2.64. The van der Waals surface area contributed by atoms with Crippen LogP contribution in [0.1, 0.15) is 24.0 Å². The van der Waals surface area contributed by atoms with Crippen LogP contribution in [0.3, 0.4) is 0 Å². The maximum atomic E-state index is 13.2. The van der Waals surface area contributed by atoms with Crippen LogP contribution in [-0.2, 0) is 17.8 Å². The monoisotopic (exact) mass is 356 g/mol. The number of benzene rings is 2. The Hall–Kier alpha value is -2.24. The Balaban J connectivity index is 1.53. The number of likely N-dealkylation sites (tertiary alicyclic amines) is 1. The number of halogens is 1. The van der Waals surface area contributed by atoms with E-state index in [2.05, 4.69) is 5.32 Å². The van der Waals surface area contributed by atoms with Gasteiger partial charge in [-0.15, -0.1) is 0 Å². The number of amides is 1. The summed E-state index contributed by atoms with van der Waals surface area (Å²) < 4.78 is 13.2. The summed E-state index contributed by atoms with van der Waals surface area (Å²) in [5, 5.41) is 13.9. The van der Waals surface area contributed by atoms with Gasteiger partial charge in [-0.3, -0.25) is 4.79 Å². The minimum atomic E-state index is -1.39. The Morgan fingerprint density at radius 3 is 2.65 bits per heavy atom. The van der Waals surface area contributed by atoms with Crippen molar-refractivity contribution in [2.45, 2.75) is 31.4 Å². The Bertz CT molecular complexity index is 738.